The van der Waals surface area contributed by atoms with Gasteiger partial charge in [0.2, 0.25) is 0 Å². The van der Waals surface area contributed by atoms with Crippen molar-refractivity contribution >= 4 is 0 Å². The lowest BCUT2D eigenvalue weighted by Gasteiger charge is -2.36. The summed E-state index contributed by atoms with van der Waals surface area (Å²) in [4.78, 5) is 0. The first-order chi connectivity index (χ1) is 8.79. The van der Waals surface area contributed by atoms with Gasteiger partial charge in [-0.2, -0.15) is 0 Å². The predicted molar refractivity (Wildman–Crippen MR) is 76.9 cm³/mol. The highest BCUT2D eigenvalue weighted by Gasteiger charge is 2.34. The van der Waals surface area contributed by atoms with Crippen LogP contribution in [0.1, 0.15) is 49.7 Å². The maximum Gasteiger partial charge on any atom is 0.0101 e. The standard InChI is InChI=1S/C17H25N/c1-12-6-5-9-15(12)17(18-2)11-14-10-13-7-3-4-8-16(13)14/h3-4,7-8,12,14-15,17-18H,5-6,9-11H2,1-2H3. The molecule has 0 aromatic heterocycles. The lowest BCUT2D eigenvalue weighted by Crippen LogP contribution is -2.38. The fourth-order valence-electron chi connectivity index (χ4n) is 4.16. The second-order valence-corrected chi connectivity index (χ2v) is 6.30. The van der Waals surface area contributed by atoms with Crippen molar-refractivity contribution in [2.75, 3.05) is 7.05 Å². The summed E-state index contributed by atoms with van der Waals surface area (Å²) in [6.07, 6.45) is 6.94. The van der Waals surface area contributed by atoms with E-state index in [0.717, 1.165) is 23.8 Å². The minimum absolute atomic E-state index is 0.723. The lowest BCUT2D eigenvalue weighted by molar-refractivity contribution is 0.276. The van der Waals surface area contributed by atoms with Crippen LogP contribution in [-0.2, 0) is 6.42 Å². The zero-order chi connectivity index (χ0) is 12.5. The molecule has 1 saturated carbocycles. The van der Waals surface area contributed by atoms with Crippen LogP contribution in [0.2, 0.25) is 0 Å². The van der Waals surface area contributed by atoms with Crippen LogP contribution in [0.15, 0.2) is 24.3 Å². The second-order valence-electron chi connectivity index (χ2n) is 6.30. The number of rotatable bonds is 4. The van der Waals surface area contributed by atoms with Crippen molar-refractivity contribution in [2.45, 2.75) is 51.0 Å². The topological polar surface area (TPSA) is 12.0 Å². The molecule has 1 heteroatoms. The Kier molecular flexibility index (Phi) is 3.43. The largest absolute Gasteiger partial charge is 0.317 e. The van der Waals surface area contributed by atoms with Gasteiger partial charge in [-0.25, -0.2) is 0 Å². The summed E-state index contributed by atoms with van der Waals surface area (Å²) < 4.78 is 0. The molecule has 3 rings (SSSR count). The Morgan fingerprint density at radius 1 is 1.28 bits per heavy atom. The van der Waals surface area contributed by atoms with E-state index in [4.69, 9.17) is 0 Å². The Morgan fingerprint density at radius 3 is 2.78 bits per heavy atom. The van der Waals surface area contributed by atoms with Gasteiger partial charge >= 0.3 is 0 Å². The molecular formula is C17H25N. The highest BCUT2D eigenvalue weighted by Crippen LogP contribution is 2.42. The van der Waals surface area contributed by atoms with E-state index < -0.39 is 0 Å². The van der Waals surface area contributed by atoms with Gasteiger partial charge in [-0.05, 0) is 55.2 Å². The van der Waals surface area contributed by atoms with E-state index >= 15 is 0 Å². The van der Waals surface area contributed by atoms with Crippen LogP contribution >= 0.6 is 0 Å². The molecule has 18 heavy (non-hydrogen) atoms. The van der Waals surface area contributed by atoms with E-state index in [1.807, 2.05) is 0 Å². The van der Waals surface area contributed by atoms with Crippen LogP contribution in [-0.4, -0.2) is 13.1 Å². The molecule has 1 fully saturated rings. The Bertz CT molecular complexity index is 412. The third-order valence-electron chi connectivity index (χ3n) is 5.32. The van der Waals surface area contributed by atoms with E-state index in [1.54, 1.807) is 11.1 Å². The first-order valence-electron chi connectivity index (χ1n) is 7.54. The first-order valence-corrected chi connectivity index (χ1v) is 7.54. The van der Waals surface area contributed by atoms with Crippen molar-refractivity contribution in [3.05, 3.63) is 35.4 Å². The van der Waals surface area contributed by atoms with E-state index in [2.05, 4.69) is 43.6 Å². The Hall–Kier alpha value is -0.820. The van der Waals surface area contributed by atoms with E-state index in [1.165, 1.54) is 32.1 Å². The van der Waals surface area contributed by atoms with Gasteiger partial charge in [0.05, 0.1) is 0 Å². The molecular weight excluding hydrogens is 218 g/mol. The molecule has 0 saturated heterocycles. The van der Waals surface area contributed by atoms with Crippen LogP contribution < -0.4 is 5.32 Å². The smallest absolute Gasteiger partial charge is 0.0101 e. The van der Waals surface area contributed by atoms with Gasteiger partial charge in [0, 0.05) is 6.04 Å². The van der Waals surface area contributed by atoms with Gasteiger partial charge in [0.15, 0.2) is 0 Å². The van der Waals surface area contributed by atoms with Gasteiger partial charge < -0.3 is 5.32 Å². The number of hydrogen-bond acceptors (Lipinski definition) is 1. The van der Waals surface area contributed by atoms with Crippen LogP contribution in [0.25, 0.3) is 0 Å². The molecule has 1 aromatic rings. The van der Waals surface area contributed by atoms with E-state index in [-0.39, 0.29) is 0 Å². The van der Waals surface area contributed by atoms with Crippen molar-refractivity contribution in [3.8, 4) is 0 Å². The third-order valence-corrected chi connectivity index (χ3v) is 5.32. The number of fused-ring (bicyclic) bond motifs is 1. The Balaban J connectivity index is 1.66. The van der Waals surface area contributed by atoms with Crippen LogP contribution in [0.4, 0.5) is 0 Å². The van der Waals surface area contributed by atoms with Gasteiger partial charge in [-0.1, -0.05) is 44.0 Å². The monoisotopic (exact) mass is 243 g/mol. The molecule has 0 bridgehead atoms. The molecule has 98 valence electrons. The Morgan fingerprint density at radius 2 is 2.11 bits per heavy atom. The summed E-state index contributed by atoms with van der Waals surface area (Å²) in [5, 5.41) is 3.60. The lowest BCUT2D eigenvalue weighted by atomic mass is 9.72. The van der Waals surface area contributed by atoms with Crippen molar-refractivity contribution in [2.24, 2.45) is 11.8 Å². The molecule has 1 nitrogen and oxygen atoms in total. The molecule has 0 radical (unpaired) electrons. The summed E-state index contributed by atoms with van der Waals surface area (Å²) in [6.45, 7) is 2.44. The molecule has 4 unspecified atom stereocenters. The number of benzene rings is 1. The molecule has 2 aliphatic rings. The molecule has 0 heterocycles. The van der Waals surface area contributed by atoms with Crippen LogP contribution in [0, 0.1) is 11.8 Å². The van der Waals surface area contributed by atoms with Gasteiger partial charge in [-0.15, -0.1) is 0 Å². The zero-order valence-corrected chi connectivity index (χ0v) is 11.7. The van der Waals surface area contributed by atoms with E-state index in [9.17, 15) is 0 Å². The molecule has 0 aliphatic heterocycles. The maximum atomic E-state index is 3.60. The third kappa shape index (κ3) is 2.09. The highest BCUT2D eigenvalue weighted by molar-refractivity contribution is 5.39. The van der Waals surface area contributed by atoms with Crippen LogP contribution in [0.5, 0.6) is 0 Å². The predicted octanol–water partition coefficient (Wildman–Crippen LogP) is 3.74. The zero-order valence-electron chi connectivity index (χ0n) is 11.7. The first kappa shape index (κ1) is 12.2. The van der Waals surface area contributed by atoms with Gasteiger partial charge in [0.25, 0.3) is 0 Å². The summed E-state index contributed by atoms with van der Waals surface area (Å²) in [5.74, 6) is 2.63. The molecule has 0 spiro atoms. The van der Waals surface area contributed by atoms with E-state index in [0.29, 0.717) is 0 Å². The maximum absolute atomic E-state index is 3.60. The summed E-state index contributed by atoms with van der Waals surface area (Å²) in [5.41, 5.74) is 3.19. The number of hydrogen-bond donors (Lipinski definition) is 1. The minimum Gasteiger partial charge on any atom is -0.317 e. The normalized spacial score (nSPS) is 31.8. The average molecular weight is 243 g/mol. The van der Waals surface area contributed by atoms with Gasteiger partial charge in [0.1, 0.15) is 0 Å². The van der Waals surface area contributed by atoms with Crippen molar-refractivity contribution in [3.63, 3.8) is 0 Å². The summed E-state index contributed by atoms with van der Waals surface area (Å²) >= 11 is 0. The Labute approximate surface area is 111 Å². The second kappa shape index (κ2) is 5.05. The molecule has 1 aromatic carbocycles. The summed E-state index contributed by atoms with van der Waals surface area (Å²) in [7, 11) is 2.15. The number of nitrogens with one attached hydrogen (secondary N) is 1. The molecule has 4 atom stereocenters. The highest BCUT2D eigenvalue weighted by atomic mass is 14.9. The molecule has 0 amide bonds. The fraction of sp³-hybridized carbons (Fsp3) is 0.647. The molecule has 1 N–H and O–H groups in total. The van der Waals surface area contributed by atoms with Crippen molar-refractivity contribution in [1.82, 2.24) is 5.32 Å². The fourth-order valence-corrected chi connectivity index (χ4v) is 4.16. The SMILES string of the molecule is CNC(CC1Cc2ccccc21)C1CCCC1C. The van der Waals surface area contributed by atoms with Gasteiger partial charge in [-0.3, -0.25) is 0 Å². The van der Waals surface area contributed by atoms with Crippen molar-refractivity contribution in [1.29, 1.82) is 0 Å². The average Bonchev–Trinajstić information content (AvgIpc) is 2.77. The van der Waals surface area contributed by atoms with Crippen LogP contribution in [0.3, 0.4) is 0 Å². The quantitative estimate of drug-likeness (QED) is 0.849. The van der Waals surface area contributed by atoms with Crippen molar-refractivity contribution < 1.29 is 0 Å². The molecule has 2 aliphatic carbocycles. The summed E-state index contributed by atoms with van der Waals surface area (Å²) in [6, 6.07) is 9.70. The minimum atomic E-state index is 0.723.